The summed E-state index contributed by atoms with van der Waals surface area (Å²) in [6, 6.07) is 8.10. The average molecular weight is 277 g/mol. The zero-order valence-corrected chi connectivity index (χ0v) is 12.0. The van der Waals surface area contributed by atoms with E-state index in [4.69, 9.17) is 4.74 Å². The normalized spacial score (nSPS) is 14.9. The van der Waals surface area contributed by atoms with E-state index < -0.39 is 0 Å². The Morgan fingerprint density at radius 2 is 2.05 bits per heavy atom. The van der Waals surface area contributed by atoms with E-state index in [1.54, 1.807) is 0 Å². The maximum absolute atomic E-state index is 11.7. The first-order valence-electron chi connectivity index (χ1n) is 7.23. The van der Waals surface area contributed by atoms with Crippen molar-refractivity contribution in [3.8, 4) is 0 Å². The van der Waals surface area contributed by atoms with Crippen LogP contribution in [0.15, 0.2) is 24.3 Å². The number of morpholine rings is 1. The van der Waals surface area contributed by atoms with Crippen LogP contribution < -0.4 is 15.5 Å². The van der Waals surface area contributed by atoms with Crippen molar-refractivity contribution in [3.63, 3.8) is 0 Å². The van der Waals surface area contributed by atoms with Crippen molar-refractivity contribution in [2.24, 2.45) is 0 Å². The largest absolute Gasteiger partial charge is 0.378 e. The summed E-state index contributed by atoms with van der Waals surface area (Å²) in [7, 11) is 0. The number of para-hydroxylation sites is 2. The highest BCUT2D eigenvalue weighted by molar-refractivity contribution is 5.82. The van der Waals surface area contributed by atoms with Gasteiger partial charge >= 0.3 is 0 Å². The molecule has 1 aromatic rings. The van der Waals surface area contributed by atoms with Crippen molar-refractivity contribution in [2.75, 3.05) is 49.6 Å². The molecular formula is C15H23N3O2. The van der Waals surface area contributed by atoms with Crippen LogP contribution in [0.25, 0.3) is 0 Å². The number of carbonyl (C=O) groups excluding carboxylic acids is 1. The summed E-state index contributed by atoms with van der Waals surface area (Å²) in [6.45, 7) is 6.37. The Morgan fingerprint density at radius 3 is 2.80 bits per heavy atom. The average Bonchev–Trinajstić information content (AvgIpc) is 2.52. The number of anilines is 2. The number of rotatable bonds is 6. The first-order valence-corrected chi connectivity index (χ1v) is 7.23. The van der Waals surface area contributed by atoms with E-state index in [2.05, 4.69) is 21.6 Å². The van der Waals surface area contributed by atoms with Gasteiger partial charge in [-0.2, -0.15) is 0 Å². The minimum atomic E-state index is 0.0311. The van der Waals surface area contributed by atoms with Gasteiger partial charge in [0.1, 0.15) is 0 Å². The molecule has 0 spiro atoms. The van der Waals surface area contributed by atoms with Crippen LogP contribution in [-0.4, -0.2) is 45.3 Å². The number of ether oxygens (including phenoxy) is 1. The fraction of sp³-hybridized carbons (Fsp3) is 0.533. The van der Waals surface area contributed by atoms with Gasteiger partial charge in [0.25, 0.3) is 0 Å². The van der Waals surface area contributed by atoms with Crippen LogP contribution in [0.1, 0.15) is 13.3 Å². The maximum atomic E-state index is 11.7. The summed E-state index contributed by atoms with van der Waals surface area (Å²) in [6.07, 6.45) is 0.954. The minimum Gasteiger partial charge on any atom is -0.378 e. The molecule has 0 aliphatic carbocycles. The van der Waals surface area contributed by atoms with Gasteiger partial charge in [-0.05, 0) is 18.6 Å². The quantitative estimate of drug-likeness (QED) is 0.826. The number of hydrogen-bond acceptors (Lipinski definition) is 4. The molecule has 0 saturated carbocycles. The first kappa shape index (κ1) is 14.7. The SMILES string of the molecule is CCCNC(=O)CNc1ccccc1N1CCOCC1. The highest BCUT2D eigenvalue weighted by atomic mass is 16.5. The molecule has 2 N–H and O–H groups in total. The van der Waals surface area contributed by atoms with Crippen molar-refractivity contribution in [1.82, 2.24) is 5.32 Å². The van der Waals surface area contributed by atoms with Crippen LogP contribution in [0.3, 0.4) is 0 Å². The van der Waals surface area contributed by atoms with Gasteiger partial charge in [0, 0.05) is 19.6 Å². The third-order valence-electron chi connectivity index (χ3n) is 3.27. The Balaban J connectivity index is 1.95. The lowest BCUT2D eigenvalue weighted by atomic mass is 10.2. The second kappa shape index (κ2) is 7.75. The molecule has 110 valence electrons. The molecule has 2 rings (SSSR count). The van der Waals surface area contributed by atoms with E-state index in [9.17, 15) is 4.79 Å². The number of nitrogens with one attached hydrogen (secondary N) is 2. The second-order valence-corrected chi connectivity index (χ2v) is 4.82. The van der Waals surface area contributed by atoms with E-state index in [0.717, 1.165) is 50.6 Å². The lowest BCUT2D eigenvalue weighted by molar-refractivity contribution is -0.119. The molecule has 1 aliphatic heterocycles. The minimum absolute atomic E-state index is 0.0311. The number of nitrogens with zero attached hydrogens (tertiary/aromatic N) is 1. The van der Waals surface area contributed by atoms with Crippen LogP contribution in [0.5, 0.6) is 0 Å². The lowest BCUT2D eigenvalue weighted by Gasteiger charge is -2.30. The van der Waals surface area contributed by atoms with Crippen molar-refractivity contribution in [3.05, 3.63) is 24.3 Å². The first-order chi connectivity index (χ1) is 9.81. The van der Waals surface area contributed by atoms with Crippen LogP contribution in [0.2, 0.25) is 0 Å². The molecule has 1 heterocycles. The van der Waals surface area contributed by atoms with Gasteiger partial charge in [0.05, 0.1) is 31.1 Å². The predicted octanol–water partition coefficient (Wildman–Crippen LogP) is 1.46. The Labute approximate surface area is 120 Å². The van der Waals surface area contributed by atoms with Gasteiger partial charge in [0.2, 0.25) is 5.91 Å². The van der Waals surface area contributed by atoms with Gasteiger partial charge in [-0.15, -0.1) is 0 Å². The van der Waals surface area contributed by atoms with Crippen molar-refractivity contribution < 1.29 is 9.53 Å². The molecule has 1 aliphatic rings. The molecule has 5 nitrogen and oxygen atoms in total. The molecule has 1 aromatic carbocycles. The Hall–Kier alpha value is -1.75. The topological polar surface area (TPSA) is 53.6 Å². The Morgan fingerprint density at radius 1 is 1.30 bits per heavy atom. The summed E-state index contributed by atoms with van der Waals surface area (Å²) < 4.78 is 5.38. The molecule has 20 heavy (non-hydrogen) atoms. The molecule has 1 fully saturated rings. The Bertz CT molecular complexity index is 431. The van der Waals surface area contributed by atoms with E-state index >= 15 is 0 Å². The zero-order chi connectivity index (χ0) is 14.2. The van der Waals surface area contributed by atoms with E-state index in [1.165, 1.54) is 0 Å². The van der Waals surface area contributed by atoms with Crippen molar-refractivity contribution in [1.29, 1.82) is 0 Å². The fourth-order valence-electron chi connectivity index (χ4n) is 2.21. The monoisotopic (exact) mass is 277 g/mol. The third-order valence-corrected chi connectivity index (χ3v) is 3.27. The van der Waals surface area contributed by atoms with Crippen molar-refractivity contribution in [2.45, 2.75) is 13.3 Å². The molecule has 5 heteroatoms. The van der Waals surface area contributed by atoms with E-state index in [0.29, 0.717) is 6.54 Å². The van der Waals surface area contributed by atoms with Gasteiger partial charge in [-0.1, -0.05) is 19.1 Å². The van der Waals surface area contributed by atoms with Crippen molar-refractivity contribution >= 4 is 17.3 Å². The van der Waals surface area contributed by atoms with Gasteiger partial charge in [-0.25, -0.2) is 0 Å². The van der Waals surface area contributed by atoms with E-state index in [-0.39, 0.29) is 5.91 Å². The third kappa shape index (κ3) is 4.13. The Kier molecular flexibility index (Phi) is 5.68. The lowest BCUT2D eigenvalue weighted by Crippen LogP contribution is -2.37. The molecule has 0 unspecified atom stereocenters. The molecule has 1 saturated heterocycles. The molecule has 0 bridgehead atoms. The highest BCUT2D eigenvalue weighted by Gasteiger charge is 2.14. The second-order valence-electron chi connectivity index (χ2n) is 4.82. The highest BCUT2D eigenvalue weighted by Crippen LogP contribution is 2.25. The van der Waals surface area contributed by atoms with Gasteiger partial charge < -0.3 is 20.3 Å². The van der Waals surface area contributed by atoms with Crippen LogP contribution >= 0.6 is 0 Å². The number of benzene rings is 1. The van der Waals surface area contributed by atoms with Crippen LogP contribution in [0.4, 0.5) is 11.4 Å². The summed E-state index contributed by atoms with van der Waals surface area (Å²) >= 11 is 0. The maximum Gasteiger partial charge on any atom is 0.239 e. The van der Waals surface area contributed by atoms with Crippen LogP contribution in [-0.2, 0) is 9.53 Å². The fourth-order valence-corrected chi connectivity index (χ4v) is 2.21. The summed E-state index contributed by atoms with van der Waals surface area (Å²) in [5.41, 5.74) is 2.14. The summed E-state index contributed by atoms with van der Waals surface area (Å²) in [4.78, 5) is 13.9. The molecule has 0 aromatic heterocycles. The van der Waals surface area contributed by atoms with Gasteiger partial charge in [-0.3, -0.25) is 4.79 Å². The predicted molar refractivity (Wildman–Crippen MR) is 81.3 cm³/mol. The number of hydrogen-bond donors (Lipinski definition) is 2. The van der Waals surface area contributed by atoms with Gasteiger partial charge in [0.15, 0.2) is 0 Å². The number of carbonyl (C=O) groups is 1. The zero-order valence-electron chi connectivity index (χ0n) is 12.0. The van der Waals surface area contributed by atoms with Crippen LogP contribution in [0, 0.1) is 0 Å². The smallest absolute Gasteiger partial charge is 0.239 e. The molecule has 0 atom stereocenters. The molecular weight excluding hydrogens is 254 g/mol. The van der Waals surface area contributed by atoms with E-state index in [1.807, 2.05) is 25.1 Å². The molecule has 0 radical (unpaired) electrons. The standard InChI is InChI=1S/C15H23N3O2/c1-2-7-16-15(19)12-17-13-5-3-4-6-14(13)18-8-10-20-11-9-18/h3-6,17H,2,7-12H2,1H3,(H,16,19). The number of amides is 1. The summed E-state index contributed by atoms with van der Waals surface area (Å²) in [5, 5.41) is 6.09. The molecule has 1 amide bonds. The summed E-state index contributed by atoms with van der Waals surface area (Å²) in [5.74, 6) is 0.0311.